The SMILES string of the molecule is CNC(=O)NC[C@H]1CN(c2ccc(N3CCOCC3=O)cc2)C(=O)O1. The Hall–Kier alpha value is -2.81. The lowest BCUT2D eigenvalue weighted by Gasteiger charge is -2.27. The van der Waals surface area contributed by atoms with Gasteiger partial charge in [0.25, 0.3) is 5.91 Å². The maximum Gasteiger partial charge on any atom is 0.414 e. The fourth-order valence-electron chi connectivity index (χ4n) is 2.74. The summed E-state index contributed by atoms with van der Waals surface area (Å²) in [5, 5.41) is 5.05. The standard InChI is InChI=1S/C16H20N4O5/c1-17-15(22)18-8-13-9-20(16(23)25-13)12-4-2-11(3-5-12)19-6-7-24-10-14(19)21/h2-5,13H,6-10H2,1H3,(H2,17,18,22)/t13-/m0/s1. The second-order valence-corrected chi connectivity index (χ2v) is 5.69. The average Bonchev–Trinajstić information content (AvgIpc) is 3.01. The Morgan fingerprint density at radius 2 is 1.88 bits per heavy atom. The number of morpholine rings is 1. The van der Waals surface area contributed by atoms with Crippen molar-refractivity contribution in [2.75, 3.05) is 49.7 Å². The maximum atomic E-state index is 12.0. The number of hydrogen-bond donors (Lipinski definition) is 2. The van der Waals surface area contributed by atoms with Crippen LogP contribution in [0.3, 0.4) is 0 Å². The predicted octanol–water partition coefficient (Wildman–Crippen LogP) is 0.304. The third kappa shape index (κ3) is 3.82. The van der Waals surface area contributed by atoms with Crippen LogP contribution in [0.4, 0.5) is 21.0 Å². The van der Waals surface area contributed by atoms with Gasteiger partial charge >= 0.3 is 12.1 Å². The Morgan fingerprint density at radius 3 is 2.52 bits per heavy atom. The topological polar surface area (TPSA) is 100 Å². The van der Waals surface area contributed by atoms with Crippen LogP contribution < -0.4 is 20.4 Å². The summed E-state index contributed by atoms with van der Waals surface area (Å²) in [7, 11) is 1.52. The molecule has 0 unspecified atom stereocenters. The lowest BCUT2D eigenvalue weighted by atomic mass is 10.2. The lowest BCUT2D eigenvalue weighted by molar-refractivity contribution is -0.125. The molecule has 0 bridgehead atoms. The Labute approximate surface area is 144 Å². The molecule has 25 heavy (non-hydrogen) atoms. The highest BCUT2D eigenvalue weighted by Crippen LogP contribution is 2.25. The molecule has 9 nitrogen and oxygen atoms in total. The molecule has 0 aliphatic carbocycles. The Kier molecular flexibility index (Phi) is 5.03. The van der Waals surface area contributed by atoms with Gasteiger partial charge in [0, 0.05) is 25.0 Å². The van der Waals surface area contributed by atoms with E-state index in [9.17, 15) is 14.4 Å². The van der Waals surface area contributed by atoms with Gasteiger partial charge in [-0.3, -0.25) is 9.69 Å². The molecule has 0 aromatic heterocycles. The molecule has 1 atom stereocenters. The molecule has 0 saturated carbocycles. The van der Waals surface area contributed by atoms with Gasteiger partial charge in [-0.25, -0.2) is 9.59 Å². The first-order valence-corrected chi connectivity index (χ1v) is 8.00. The van der Waals surface area contributed by atoms with Crippen LogP contribution in [0.2, 0.25) is 0 Å². The zero-order valence-electron chi connectivity index (χ0n) is 13.9. The monoisotopic (exact) mass is 348 g/mol. The summed E-state index contributed by atoms with van der Waals surface area (Å²) in [6.45, 7) is 1.68. The molecule has 134 valence electrons. The second-order valence-electron chi connectivity index (χ2n) is 5.69. The van der Waals surface area contributed by atoms with Crippen molar-refractivity contribution in [3.8, 4) is 0 Å². The summed E-state index contributed by atoms with van der Waals surface area (Å²) < 4.78 is 10.4. The molecule has 1 aromatic rings. The molecule has 0 radical (unpaired) electrons. The van der Waals surface area contributed by atoms with E-state index < -0.39 is 12.2 Å². The lowest BCUT2D eigenvalue weighted by Crippen LogP contribution is -2.41. The molecule has 2 N–H and O–H groups in total. The number of carbonyl (C=O) groups excluding carboxylic acids is 3. The van der Waals surface area contributed by atoms with Crippen molar-refractivity contribution in [2.24, 2.45) is 0 Å². The van der Waals surface area contributed by atoms with Gasteiger partial charge in [-0.2, -0.15) is 0 Å². The molecular formula is C16H20N4O5. The van der Waals surface area contributed by atoms with Gasteiger partial charge in [0.15, 0.2) is 0 Å². The first-order valence-electron chi connectivity index (χ1n) is 8.00. The molecule has 2 aliphatic heterocycles. The van der Waals surface area contributed by atoms with Crippen molar-refractivity contribution in [1.82, 2.24) is 10.6 Å². The Morgan fingerprint density at radius 1 is 1.20 bits per heavy atom. The first-order chi connectivity index (χ1) is 12.1. The molecule has 4 amide bonds. The first kappa shape index (κ1) is 17.0. The molecule has 2 fully saturated rings. The Bertz CT molecular complexity index is 663. The van der Waals surface area contributed by atoms with Crippen LogP contribution in [0.25, 0.3) is 0 Å². The zero-order valence-corrected chi connectivity index (χ0v) is 13.9. The fourth-order valence-corrected chi connectivity index (χ4v) is 2.74. The predicted molar refractivity (Wildman–Crippen MR) is 89.7 cm³/mol. The third-order valence-corrected chi connectivity index (χ3v) is 4.05. The normalized spacial score (nSPS) is 20.4. The minimum absolute atomic E-state index is 0.0834. The number of nitrogens with one attached hydrogen (secondary N) is 2. The van der Waals surface area contributed by atoms with Gasteiger partial charge in [0.05, 0.1) is 19.7 Å². The third-order valence-electron chi connectivity index (χ3n) is 4.05. The highest BCUT2D eigenvalue weighted by atomic mass is 16.6. The van der Waals surface area contributed by atoms with Crippen molar-refractivity contribution in [3.63, 3.8) is 0 Å². The molecule has 9 heteroatoms. The van der Waals surface area contributed by atoms with Gasteiger partial charge < -0.3 is 25.0 Å². The van der Waals surface area contributed by atoms with Gasteiger partial charge in [0.1, 0.15) is 12.7 Å². The van der Waals surface area contributed by atoms with E-state index in [4.69, 9.17) is 9.47 Å². The summed E-state index contributed by atoms with van der Waals surface area (Å²) in [6.07, 6.45) is -0.871. The van der Waals surface area contributed by atoms with E-state index in [2.05, 4.69) is 10.6 Å². The number of amides is 4. The number of ether oxygens (including phenoxy) is 2. The minimum atomic E-state index is -0.459. The summed E-state index contributed by atoms with van der Waals surface area (Å²) >= 11 is 0. The molecule has 3 rings (SSSR count). The van der Waals surface area contributed by atoms with Crippen LogP contribution in [0, 0.1) is 0 Å². The van der Waals surface area contributed by atoms with Crippen LogP contribution in [-0.2, 0) is 14.3 Å². The number of cyclic esters (lactones) is 1. The molecule has 1 aromatic carbocycles. The summed E-state index contributed by atoms with van der Waals surface area (Å²) in [5.41, 5.74) is 1.44. The van der Waals surface area contributed by atoms with Crippen LogP contribution in [0.15, 0.2) is 24.3 Å². The number of anilines is 2. The van der Waals surface area contributed by atoms with E-state index in [0.29, 0.717) is 25.4 Å². The summed E-state index contributed by atoms with van der Waals surface area (Å²) in [4.78, 5) is 38.2. The minimum Gasteiger partial charge on any atom is -0.442 e. The quantitative estimate of drug-likeness (QED) is 0.815. The Balaban J connectivity index is 1.63. The van der Waals surface area contributed by atoms with E-state index in [1.165, 1.54) is 11.9 Å². The van der Waals surface area contributed by atoms with E-state index >= 15 is 0 Å². The molecule has 2 heterocycles. The van der Waals surface area contributed by atoms with Gasteiger partial charge in [0.2, 0.25) is 0 Å². The number of benzene rings is 1. The maximum absolute atomic E-state index is 12.0. The molecular weight excluding hydrogens is 328 g/mol. The van der Waals surface area contributed by atoms with Crippen LogP contribution in [0.1, 0.15) is 0 Å². The molecule has 2 aliphatic rings. The van der Waals surface area contributed by atoms with E-state index in [-0.39, 0.29) is 25.1 Å². The summed E-state index contributed by atoms with van der Waals surface area (Å²) in [5.74, 6) is -0.0834. The van der Waals surface area contributed by atoms with Crippen molar-refractivity contribution in [1.29, 1.82) is 0 Å². The van der Waals surface area contributed by atoms with Crippen molar-refractivity contribution in [3.05, 3.63) is 24.3 Å². The smallest absolute Gasteiger partial charge is 0.414 e. The molecule has 0 spiro atoms. The van der Waals surface area contributed by atoms with E-state index in [1.807, 2.05) is 0 Å². The highest BCUT2D eigenvalue weighted by Gasteiger charge is 2.32. The van der Waals surface area contributed by atoms with Crippen LogP contribution >= 0.6 is 0 Å². The fraction of sp³-hybridized carbons (Fsp3) is 0.438. The van der Waals surface area contributed by atoms with Crippen LogP contribution in [-0.4, -0.2) is 64.0 Å². The van der Waals surface area contributed by atoms with Crippen molar-refractivity contribution >= 4 is 29.4 Å². The second kappa shape index (κ2) is 7.39. The van der Waals surface area contributed by atoms with Gasteiger partial charge in [-0.15, -0.1) is 0 Å². The average molecular weight is 348 g/mol. The highest BCUT2D eigenvalue weighted by molar-refractivity contribution is 5.95. The van der Waals surface area contributed by atoms with Gasteiger partial charge in [-0.1, -0.05) is 0 Å². The summed E-state index contributed by atoms with van der Waals surface area (Å²) in [6, 6.07) is 6.81. The number of urea groups is 1. The number of carbonyl (C=O) groups is 3. The van der Waals surface area contributed by atoms with Crippen molar-refractivity contribution < 1.29 is 23.9 Å². The van der Waals surface area contributed by atoms with E-state index in [0.717, 1.165) is 5.69 Å². The van der Waals surface area contributed by atoms with Crippen LogP contribution in [0.5, 0.6) is 0 Å². The zero-order chi connectivity index (χ0) is 17.8. The number of rotatable bonds is 4. The number of nitrogens with zero attached hydrogens (tertiary/aromatic N) is 2. The van der Waals surface area contributed by atoms with Gasteiger partial charge in [-0.05, 0) is 24.3 Å². The van der Waals surface area contributed by atoms with E-state index in [1.54, 1.807) is 29.2 Å². The molecule has 2 saturated heterocycles. The largest absolute Gasteiger partial charge is 0.442 e. The van der Waals surface area contributed by atoms with Crippen molar-refractivity contribution in [2.45, 2.75) is 6.10 Å². The number of hydrogen-bond acceptors (Lipinski definition) is 5.